The molecular formula is C39H45FN2O3. The zero-order valence-electron chi connectivity index (χ0n) is 26.2. The van der Waals surface area contributed by atoms with E-state index in [1.54, 1.807) is 30.3 Å². The molecule has 45 heavy (non-hydrogen) atoms. The Morgan fingerprint density at radius 2 is 1.78 bits per heavy atom. The summed E-state index contributed by atoms with van der Waals surface area (Å²) < 4.78 is 16.1. The third-order valence-corrected chi connectivity index (χ3v) is 11.3. The van der Waals surface area contributed by atoms with Crippen molar-refractivity contribution >= 4 is 5.91 Å². The molecule has 3 aromatic carbocycles. The highest BCUT2D eigenvalue weighted by Gasteiger charge is 2.59. The lowest BCUT2D eigenvalue weighted by Gasteiger charge is -2.54. The highest BCUT2D eigenvalue weighted by molar-refractivity contribution is 5.94. The normalized spacial score (nSPS) is 28.4. The van der Waals surface area contributed by atoms with Gasteiger partial charge in [-0.2, -0.15) is 5.26 Å². The number of halogens is 1. The molecular weight excluding hydrogens is 563 g/mol. The first-order chi connectivity index (χ1) is 21.8. The summed E-state index contributed by atoms with van der Waals surface area (Å²) in [6, 6.07) is 24.5. The number of carbonyl (C=O) groups is 1. The highest BCUT2D eigenvalue weighted by atomic mass is 19.1. The summed E-state index contributed by atoms with van der Waals surface area (Å²) in [5, 5.41) is 30.3. The van der Waals surface area contributed by atoms with Crippen LogP contribution >= 0.6 is 0 Å². The molecule has 6 heteroatoms. The van der Waals surface area contributed by atoms with E-state index in [0.717, 1.165) is 68.1 Å². The van der Waals surface area contributed by atoms with Crippen LogP contribution in [0.15, 0.2) is 72.8 Å². The Bertz CT molecular complexity index is 1520. The van der Waals surface area contributed by atoms with E-state index in [4.69, 9.17) is 5.26 Å². The number of carbonyl (C=O) groups excluding carboxylic acids is 1. The number of hydrogen-bond donors (Lipinski definition) is 2. The molecule has 2 N–H and O–H groups in total. The number of phenolic OH excluding ortho intramolecular Hbond substituents is 1. The predicted molar refractivity (Wildman–Crippen MR) is 173 cm³/mol. The molecule has 236 valence electrons. The minimum atomic E-state index is -0.987. The van der Waals surface area contributed by atoms with Gasteiger partial charge < -0.3 is 15.1 Å². The largest absolute Gasteiger partial charge is 0.508 e. The van der Waals surface area contributed by atoms with Gasteiger partial charge in [-0.25, -0.2) is 4.39 Å². The second-order valence-electron chi connectivity index (χ2n) is 14.0. The van der Waals surface area contributed by atoms with E-state index in [-0.39, 0.29) is 28.9 Å². The number of nitrogens with zero attached hydrogens (tertiary/aromatic N) is 2. The van der Waals surface area contributed by atoms with E-state index < -0.39 is 12.3 Å². The van der Waals surface area contributed by atoms with Gasteiger partial charge in [0.2, 0.25) is 0 Å². The van der Waals surface area contributed by atoms with Crippen LogP contribution in [-0.4, -0.2) is 39.8 Å². The van der Waals surface area contributed by atoms with Crippen LogP contribution < -0.4 is 0 Å². The molecule has 2 fully saturated rings. The second kappa shape index (κ2) is 13.3. The number of aromatic hydroxyl groups is 1. The quantitative estimate of drug-likeness (QED) is 0.229. The van der Waals surface area contributed by atoms with Gasteiger partial charge in [-0.3, -0.25) is 4.79 Å². The van der Waals surface area contributed by atoms with Gasteiger partial charge in [-0.05, 0) is 115 Å². The Kier molecular flexibility index (Phi) is 9.28. The molecule has 5 nitrogen and oxygen atoms in total. The predicted octanol–water partition coefficient (Wildman–Crippen LogP) is 7.95. The van der Waals surface area contributed by atoms with Crippen molar-refractivity contribution in [3.63, 3.8) is 0 Å². The van der Waals surface area contributed by atoms with Crippen LogP contribution in [-0.2, 0) is 13.0 Å². The maximum atomic E-state index is 16.1. The van der Waals surface area contributed by atoms with Gasteiger partial charge >= 0.3 is 0 Å². The van der Waals surface area contributed by atoms with Gasteiger partial charge in [0, 0.05) is 24.6 Å². The maximum absolute atomic E-state index is 16.1. The Morgan fingerprint density at radius 3 is 2.53 bits per heavy atom. The van der Waals surface area contributed by atoms with Gasteiger partial charge in [0.15, 0.2) is 0 Å². The molecule has 0 spiro atoms. The molecule has 3 aliphatic rings. The number of fused-ring (bicyclic) bond motifs is 5. The number of hydrogen-bond acceptors (Lipinski definition) is 4. The van der Waals surface area contributed by atoms with E-state index >= 15 is 4.39 Å². The third kappa shape index (κ3) is 6.38. The smallest absolute Gasteiger partial charge is 0.254 e. The Balaban J connectivity index is 1.09. The molecule has 0 aromatic heterocycles. The minimum absolute atomic E-state index is 0.0293. The lowest BCUT2D eigenvalue weighted by atomic mass is 9.51. The van der Waals surface area contributed by atoms with Gasteiger partial charge in [0.25, 0.3) is 5.91 Å². The number of aliphatic hydroxyl groups is 1. The van der Waals surface area contributed by atoms with Crippen molar-refractivity contribution in [3.05, 3.63) is 101 Å². The van der Waals surface area contributed by atoms with E-state index in [9.17, 15) is 15.0 Å². The molecule has 6 rings (SSSR count). The van der Waals surface area contributed by atoms with Crippen molar-refractivity contribution in [1.82, 2.24) is 4.90 Å². The number of benzene rings is 3. The van der Waals surface area contributed by atoms with Crippen LogP contribution in [0.3, 0.4) is 0 Å². The molecule has 0 bridgehead atoms. The molecule has 1 amide bonds. The second-order valence-corrected chi connectivity index (χ2v) is 14.0. The van der Waals surface area contributed by atoms with E-state index in [1.807, 2.05) is 47.4 Å². The number of aliphatic hydroxyl groups excluding tert-OH is 1. The van der Waals surface area contributed by atoms with Gasteiger partial charge in [-0.15, -0.1) is 0 Å². The number of nitriles is 1. The van der Waals surface area contributed by atoms with Crippen molar-refractivity contribution in [3.8, 4) is 11.8 Å². The lowest BCUT2D eigenvalue weighted by molar-refractivity contribution is -0.0722. The standard InChI is InChI=1S/C39H45FN2O3/c1-39-23-34(40)37-32-17-16-31(43)22-30(32)21-29(36(37)33(39)18-19-35(39)44)11-7-2-3-8-20-42(25-27-9-5-4-6-10-27)38(45)28-14-12-26(24-41)13-15-28/h4-6,9-10,12-17,22,29,33-37,43-44H,2-3,7-8,11,18-21,23,25H2,1H3/t29-,33?,34+,35+,36?,37?,39+/m1/s1. The van der Waals surface area contributed by atoms with Crippen LogP contribution in [0.5, 0.6) is 5.75 Å². The molecule has 3 aliphatic carbocycles. The first kappa shape index (κ1) is 31.3. The summed E-state index contributed by atoms with van der Waals surface area (Å²) in [6.07, 6.45) is 6.52. The van der Waals surface area contributed by atoms with Crippen molar-refractivity contribution in [1.29, 1.82) is 5.26 Å². The van der Waals surface area contributed by atoms with Crippen molar-refractivity contribution < 1.29 is 19.4 Å². The third-order valence-electron chi connectivity index (χ3n) is 11.3. The summed E-state index contributed by atoms with van der Waals surface area (Å²) in [7, 11) is 0. The molecule has 0 saturated heterocycles. The zero-order valence-corrected chi connectivity index (χ0v) is 26.2. The Hall–Kier alpha value is -3.69. The summed E-state index contributed by atoms with van der Waals surface area (Å²) in [5.41, 5.74) is 4.00. The fourth-order valence-corrected chi connectivity index (χ4v) is 9.02. The number of rotatable bonds is 10. The van der Waals surface area contributed by atoms with Crippen LogP contribution in [0.4, 0.5) is 4.39 Å². The topological polar surface area (TPSA) is 84.6 Å². The first-order valence-corrected chi connectivity index (χ1v) is 16.8. The number of amides is 1. The molecule has 0 aliphatic heterocycles. The average molecular weight is 609 g/mol. The van der Waals surface area contributed by atoms with Crippen molar-refractivity contribution in [2.24, 2.45) is 23.2 Å². The fourth-order valence-electron chi connectivity index (χ4n) is 9.02. The monoisotopic (exact) mass is 608 g/mol. The molecule has 2 saturated carbocycles. The summed E-state index contributed by atoms with van der Waals surface area (Å²) in [6.45, 7) is 3.30. The highest BCUT2D eigenvalue weighted by Crippen LogP contribution is 2.63. The summed E-state index contributed by atoms with van der Waals surface area (Å²) in [5.74, 6) is 0.899. The van der Waals surface area contributed by atoms with Gasteiger partial charge in [-0.1, -0.05) is 62.6 Å². The van der Waals surface area contributed by atoms with Crippen LogP contribution in [0.1, 0.15) is 96.8 Å². The van der Waals surface area contributed by atoms with Gasteiger partial charge in [0.1, 0.15) is 11.9 Å². The molecule has 0 heterocycles. The van der Waals surface area contributed by atoms with Crippen LogP contribution in [0.25, 0.3) is 0 Å². The first-order valence-electron chi connectivity index (χ1n) is 16.8. The van der Waals surface area contributed by atoms with E-state index in [1.165, 1.54) is 0 Å². The van der Waals surface area contributed by atoms with E-state index in [2.05, 4.69) is 13.0 Å². The maximum Gasteiger partial charge on any atom is 0.254 e. The zero-order chi connectivity index (χ0) is 31.6. The Labute approximate surface area is 266 Å². The van der Waals surface area contributed by atoms with Crippen LogP contribution in [0.2, 0.25) is 0 Å². The number of alkyl halides is 1. The Morgan fingerprint density at radius 1 is 1.02 bits per heavy atom. The molecule has 3 aromatic rings. The van der Waals surface area contributed by atoms with Crippen LogP contribution in [0, 0.1) is 34.5 Å². The SMILES string of the molecule is C[C@]12C[C@H](F)C3c4ccc(O)cc4C[C@@H](CCCCCCN(Cc4ccccc4)C(=O)c4ccc(C#N)cc4)C3C1CC[C@@H]2O. The minimum Gasteiger partial charge on any atom is -0.508 e. The lowest BCUT2D eigenvalue weighted by Crippen LogP contribution is -2.51. The summed E-state index contributed by atoms with van der Waals surface area (Å²) >= 11 is 0. The molecule has 7 atom stereocenters. The fraction of sp³-hybridized carbons (Fsp3) is 0.487. The van der Waals surface area contributed by atoms with Crippen molar-refractivity contribution in [2.45, 2.75) is 89.4 Å². The molecule has 0 radical (unpaired) electrons. The number of phenols is 1. The van der Waals surface area contributed by atoms with E-state index in [0.29, 0.717) is 42.5 Å². The van der Waals surface area contributed by atoms with Crippen molar-refractivity contribution in [2.75, 3.05) is 6.54 Å². The summed E-state index contributed by atoms with van der Waals surface area (Å²) in [4.78, 5) is 15.4. The molecule has 3 unspecified atom stereocenters. The van der Waals surface area contributed by atoms with Gasteiger partial charge in [0.05, 0.1) is 17.7 Å². The number of unbranched alkanes of at least 4 members (excludes halogenated alkanes) is 3. The average Bonchev–Trinajstić information content (AvgIpc) is 3.34.